The molecule has 22 heavy (non-hydrogen) atoms. The molecule has 124 valence electrons. The first kappa shape index (κ1) is 18.9. The quantitative estimate of drug-likeness (QED) is 0.870. The minimum atomic E-state index is 0. The molecule has 0 aliphatic carbocycles. The molecule has 1 N–H and O–H groups in total. The van der Waals surface area contributed by atoms with Gasteiger partial charge in [-0.25, -0.2) is 0 Å². The van der Waals surface area contributed by atoms with Crippen LogP contribution >= 0.6 is 12.4 Å². The Hall–Kier alpha value is -1.10. The van der Waals surface area contributed by atoms with Gasteiger partial charge in [-0.05, 0) is 19.4 Å². The van der Waals surface area contributed by atoms with E-state index in [4.69, 9.17) is 0 Å². The first-order valence-electron chi connectivity index (χ1n) is 7.93. The zero-order chi connectivity index (χ0) is 15.1. The lowest BCUT2D eigenvalue weighted by Gasteiger charge is -2.30. The van der Waals surface area contributed by atoms with Gasteiger partial charge in [0.05, 0.1) is 0 Å². The molecular weight excluding hydrogens is 298 g/mol. The van der Waals surface area contributed by atoms with Gasteiger partial charge in [0.2, 0.25) is 5.91 Å². The summed E-state index contributed by atoms with van der Waals surface area (Å²) in [7, 11) is 0. The number of carbonyl (C=O) groups is 1. The number of halogens is 1. The molecule has 1 aromatic rings. The first-order valence-corrected chi connectivity index (χ1v) is 7.93. The Morgan fingerprint density at radius 1 is 1.23 bits per heavy atom. The lowest BCUT2D eigenvalue weighted by molar-refractivity contribution is -0.132. The summed E-state index contributed by atoms with van der Waals surface area (Å²) >= 11 is 0. The summed E-state index contributed by atoms with van der Waals surface area (Å²) in [5.74, 6) is 0.287. The molecule has 0 bridgehead atoms. The van der Waals surface area contributed by atoms with E-state index in [0.717, 1.165) is 39.3 Å². The number of piperazine rings is 1. The van der Waals surface area contributed by atoms with E-state index in [2.05, 4.69) is 48.3 Å². The van der Waals surface area contributed by atoms with Gasteiger partial charge >= 0.3 is 0 Å². The van der Waals surface area contributed by atoms with Crippen LogP contribution in [0.25, 0.3) is 0 Å². The molecule has 1 aromatic carbocycles. The molecule has 0 radical (unpaired) electrons. The molecule has 0 atom stereocenters. The molecular formula is C17H28ClN3O. The Labute approximate surface area is 140 Å². The van der Waals surface area contributed by atoms with Crippen molar-refractivity contribution in [3.8, 4) is 0 Å². The van der Waals surface area contributed by atoms with Crippen molar-refractivity contribution in [1.82, 2.24) is 15.1 Å². The number of hydrogen-bond acceptors (Lipinski definition) is 3. The van der Waals surface area contributed by atoms with E-state index in [1.54, 1.807) is 0 Å². The Bertz CT molecular complexity index is 433. The predicted molar refractivity (Wildman–Crippen MR) is 93.3 cm³/mol. The van der Waals surface area contributed by atoms with Crippen LogP contribution in [0.2, 0.25) is 0 Å². The van der Waals surface area contributed by atoms with Crippen molar-refractivity contribution < 1.29 is 4.79 Å². The highest BCUT2D eigenvalue weighted by molar-refractivity contribution is 5.85. The molecule has 1 aliphatic heterocycles. The van der Waals surface area contributed by atoms with Crippen molar-refractivity contribution in [1.29, 1.82) is 0 Å². The summed E-state index contributed by atoms with van der Waals surface area (Å²) in [6.07, 6.45) is 0.616. The van der Waals surface area contributed by atoms with E-state index in [1.165, 1.54) is 5.56 Å². The Kier molecular flexibility index (Phi) is 8.46. The second kappa shape index (κ2) is 9.82. The standard InChI is InChI=1S/C17H27N3O.ClH/c1-15(2)20(14-16-6-4-3-5-7-16)11-8-17(21)19-12-9-18-10-13-19;/h3-7,15,18H,8-14H2,1-2H3;1H. The van der Waals surface area contributed by atoms with Gasteiger partial charge in [0.15, 0.2) is 0 Å². The first-order chi connectivity index (χ1) is 10.2. The molecule has 1 amide bonds. The molecule has 2 rings (SSSR count). The van der Waals surface area contributed by atoms with Crippen LogP contribution in [0.15, 0.2) is 30.3 Å². The minimum Gasteiger partial charge on any atom is -0.340 e. The second-order valence-corrected chi connectivity index (χ2v) is 5.93. The number of nitrogens with zero attached hydrogens (tertiary/aromatic N) is 2. The summed E-state index contributed by atoms with van der Waals surface area (Å²) in [4.78, 5) is 16.6. The van der Waals surface area contributed by atoms with Gasteiger partial charge in [0.1, 0.15) is 0 Å². The van der Waals surface area contributed by atoms with E-state index in [1.807, 2.05) is 11.0 Å². The summed E-state index contributed by atoms with van der Waals surface area (Å²) < 4.78 is 0. The molecule has 1 fully saturated rings. The van der Waals surface area contributed by atoms with Gasteiger partial charge < -0.3 is 10.2 Å². The van der Waals surface area contributed by atoms with Gasteiger partial charge in [0, 0.05) is 51.7 Å². The zero-order valence-electron chi connectivity index (χ0n) is 13.6. The van der Waals surface area contributed by atoms with Gasteiger partial charge in [-0.3, -0.25) is 9.69 Å². The van der Waals surface area contributed by atoms with Crippen LogP contribution in [-0.4, -0.2) is 54.5 Å². The Morgan fingerprint density at radius 2 is 1.86 bits per heavy atom. The predicted octanol–water partition coefficient (Wildman–Crippen LogP) is 2.14. The maximum absolute atomic E-state index is 12.2. The summed E-state index contributed by atoms with van der Waals surface area (Å²) in [6.45, 7) is 9.66. The molecule has 0 saturated carbocycles. The van der Waals surface area contributed by atoms with Gasteiger partial charge in [0.25, 0.3) is 0 Å². The molecule has 1 saturated heterocycles. The van der Waals surface area contributed by atoms with Crippen molar-refractivity contribution in [2.75, 3.05) is 32.7 Å². The van der Waals surface area contributed by atoms with Crippen LogP contribution < -0.4 is 5.32 Å². The van der Waals surface area contributed by atoms with Gasteiger partial charge in [-0.2, -0.15) is 0 Å². The molecule has 1 heterocycles. The van der Waals surface area contributed by atoms with E-state index in [9.17, 15) is 4.79 Å². The number of nitrogens with one attached hydrogen (secondary N) is 1. The third kappa shape index (κ3) is 5.95. The molecule has 4 nitrogen and oxygen atoms in total. The summed E-state index contributed by atoms with van der Waals surface area (Å²) in [6, 6.07) is 10.9. The largest absolute Gasteiger partial charge is 0.340 e. The third-order valence-electron chi connectivity index (χ3n) is 4.04. The minimum absolute atomic E-state index is 0. The summed E-state index contributed by atoms with van der Waals surface area (Å²) in [5, 5.41) is 3.28. The van der Waals surface area contributed by atoms with Crippen molar-refractivity contribution in [2.45, 2.75) is 32.9 Å². The average Bonchev–Trinajstić information content (AvgIpc) is 2.52. The van der Waals surface area contributed by atoms with Gasteiger partial charge in [-0.1, -0.05) is 30.3 Å². The Morgan fingerprint density at radius 3 is 2.45 bits per heavy atom. The Balaban J connectivity index is 0.00000242. The lowest BCUT2D eigenvalue weighted by atomic mass is 10.1. The highest BCUT2D eigenvalue weighted by Crippen LogP contribution is 2.09. The zero-order valence-corrected chi connectivity index (χ0v) is 14.4. The third-order valence-corrected chi connectivity index (χ3v) is 4.04. The van der Waals surface area contributed by atoms with E-state index in [-0.39, 0.29) is 18.3 Å². The van der Waals surface area contributed by atoms with E-state index >= 15 is 0 Å². The summed E-state index contributed by atoms with van der Waals surface area (Å²) in [5.41, 5.74) is 1.31. The highest BCUT2D eigenvalue weighted by atomic mass is 35.5. The van der Waals surface area contributed by atoms with Crippen molar-refractivity contribution in [3.05, 3.63) is 35.9 Å². The average molecular weight is 326 g/mol. The number of hydrogen-bond donors (Lipinski definition) is 1. The maximum atomic E-state index is 12.2. The fourth-order valence-corrected chi connectivity index (χ4v) is 2.65. The van der Waals surface area contributed by atoms with Gasteiger partial charge in [-0.15, -0.1) is 12.4 Å². The normalized spacial score (nSPS) is 15.0. The topological polar surface area (TPSA) is 35.6 Å². The van der Waals surface area contributed by atoms with Crippen LogP contribution in [0.1, 0.15) is 25.8 Å². The van der Waals surface area contributed by atoms with Crippen molar-refractivity contribution in [2.24, 2.45) is 0 Å². The number of rotatable bonds is 6. The highest BCUT2D eigenvalue weighted by Gasteiger charge is 2.18. The monoisotopic (exact) mass is 325 g/mol. The van der Waals surface area contributed by atoms with E-state index < -0.39 is 0 Å². The molecule has 0 aromatic heterocycles. The lowest BCUT2D eigenvalue weighted by Crippen LogP contribution is -2.47. The fraction of sp³-hybridized carbons (Fsp3) is 0.588. The smallest absolute Gasteiger partial charge is 0.223 e. The fourth-order valence-electron chi connectivity index (χ4n) is 2.65. The second-order valence-electron chi connectivity index (χ2n) is 5.93. The van der Waals surface area contributed by atoms with Crippen molar-refractivity contribution >= 4 is 18.3 Å². The SMILES string of the molecule is CC(C)N(CCC(=O)N1CCNCC1)Cc1ccccc1.Cl. The van der Waals surface area contributed by atoms with Crippen molar-refractivity contribution in [3.63, 3.8) is 0 Å². The molecule has 0 unspecified atom stereocenters. The number of carbonyl (C=O) groups excluding carboxylic acids is 1. The molecule has 1 aliphatic rings. The molecule has 5 heteroatoms. The van der Waals surface area contributed by atoms with Crippen LogP contribution in [0.3, 0.4) is 0 Å². The maximum Gasteiger partial charge on any atom is 0.223 e. The molecule has 0 spiro atoms. The van der Waals surface area contributed by atoms with E-state index in [0.29, 0.717) is 12.5 Å². The van der Waals surface area contributed by atoms with Crippen LogP contribution in [0, 0.1) is 0 Å². The van der Waals surface area contributed by atoms with Crippen LogP contribution in [0.5, 0.6) is 0 Å². The number of amides is 1. The van der Waals surface area contributed by atoms with Crippen LogP contribution in [0.4, 0.5) is 0 Å². The number of benzene rings is 1. The van der Waals surface area contributed by atoms with Crippen LogP contribution in [-0.2, 0) is 11.3 Å².